The average Bonchev–Trinajstić information content (AvgIpc) is 3.39. The highest BCUT2D eigenvalue weighted by Gasteiger charge is 2.35. The molecule has 3 rings (SSSR count). The van der Waals surface area contributed by atoms with Crippen molar-refractivity contribution in [2.24, 2.45) is 5.92 Å². The predicted molar refractivity (Wildman–Crippen MR) is 82.3 cm³/mol. The number of carbonyl (C=O) groups is 1. The van der Waals surface area contributed by atoms with Crippen molar-refractivity contribution >= 4 is 11.6 Å². The minimum atomic E-state index is -4.53. The minimum Gasteiger partial charge on any atom is -0.370 e. The van der Waals surface area contributed by atoms with Gasteiger partial charge in [0.1, 0.15) is 0 Å². The normalized spacial score (nSPS) is 18.9. The second kappa shape index (κ2) is 6.34. The molecule has 1 saturated heterocycles. The predicted octanol–water partition coefficient (Wildman–Crippen LogP) is 3.03. The number of rotatable bonds is 2. The summed E-state index contributed by atoms with van der Waals surface area (Å²) in [6, 6.07) is 5.30. The molecule has 1 saturated carbocycles. The number of nitriles is 1. The van der Waals surface area contributed by atoms with E-state index in [-0.39, 0.29) is 17.4 Å². The van der Waals surface area contributed by atoms with E-state index in [1.54, 1.807) is 6.07 Å². The Kier molecular flexibility index (Phi) is 4.39. The van der Waals surface area contributed by atoms with Crippen molar-refractivity contribution in [1.82, 2.24) is 4.90 Å². The first-order chi connectivity index (χ1) is 11.4. The molecule has 128 valence electrons. The van der Waals surface area contributed by atoms with E-state index in [0.717, 1.165) is 25.3 Å². The van der Waals surface area contributed by atoms with Gasteiger partial charge in [-0.25, -0.2) is 0 Å². The fraction of sp³-hybridized carbons (Fsp3) is 0.529. The van der Waals surface area contributed by atoms with E-state index in [1.165, 1.54) is 12.1 Å². The Morgan fingerprint density at radius 1 is 1.17 bits per heavy atom. The fourth-order valence-corrected chi connectivity index (χ4v) is 3.05. The second-order valence-corrected chi connectivity index (χ2v) is 6.28. The van der Waals surface area contributed by atoms with Gasteiger partial charge in [-0.2, -0.15) is 18.4 Å². The maximum atomic E-state index is 12.9. The lowest BCUT2D eigenvalue weighted by Gasteiger charge is -2.24. The zero-order valence-electron chi connectivity index (χ0n) is 13.1. The molecule has 1 aromatic carbocycles. The lowest BCUT2D eigenvalue weighted by atomic mass is 10.1. The largest absolute Gasteiger partial charge is 0.417 e. The lowest BCUT2D eigenvalue weighted by molar-refractivity contribution is -0.137. The van der Waals surface area contributed by atoms with Gasteiger partial charge in [0, 0.05) is 37.8 Å². The highest BCUT2D eigenvalue weighted by atomic mass is 19.4. The summed E-state index contributed by atoms with van der Waals surface area (Å²) in [6.07, 6.45) is -1.84. The minimum absolute atomic E-state index is 0.174. The van der Waals surface area contributed by atoms with Gasteiger partial charge in [0.2, 0.25) is 5.91 Å². The van der Waals surface area contributed by atoms with Crippen LogP contribution in [-0.2, 0) is 11.0 Å². The first kappa shape index (κ1) is 16.6. The zero-order chi connectivity index (χ0) is 17.3. The van der Waals surface area contributed by atoms with Crippen LogP contribution in [0.3, 0.4) is 0 Å². The third-order valence-corrected chi connectivity index (χ3v) is 4.53. The summed E-state index contributed by atoms with van der Waals surface area (Å²) >= 11 is 0. The number of nitrogens with zero attached hydrogens (tertiary/aromatic N) is 3. The Hall–Kier alpha value is -2.23. The Bertz CT molecular complexity index is 677. The number of carbonyl (C=O) groups excluding carboxylic acids is 1. The quantitative estimate of drug-likeness (QED) is 0.833. The maximum Gasteiger partial charge on any atom is 0.417 e. The zero-order valence-corrected chi connectivity index (χ0v) is 13.1. The SMILES string of the molecule is N#Cc1cc(N2CCCN(C(=O)C3CC3)CC2)ccc1C(F)(F)F. The molecule has 0 atom stereocenters. The molecule has 0 unspecified atom stereocenters. The van der Waals surface area contributed by atoms with E-state index < -0.39 is 11.7 Å². The van der Waals surface area contributed by atoms with Gasteiger partial charge in [0.15, 0.2) is 0 Å². The number of amides is 1. The molecule has 0 spiro atoms. The van der Waals surface area contributed by atoms with Crippen LogP contribution in [-0.4, -0.2) is 37.0 Å². The van der Waals surface area contributed by atoms with Crippen LogP contribution in [0.15, 0.2) is 18.2 Å². The molecule has 0 radical (unpaired) electrons. The summed E-state index contributed by atoms with van der Waals surface area (Å²) in [5.74, 6) is 0.370. The number of hydrogen-bond acceptors (Lipinski definition) is 3. The van der Waals surface area contributed by atoms with E-state index in [2.05, 4.69) is 0 Å². The van der Waals surface area contributed by atoms with Crippen LogP contribution in [0.1, 0.15) is 30.4 Å². The topological polar surface area (TPSA) is 47.3 Å². The van der Waals surface area contributed by atoms with Crippen LogP contribution in [0.4, 0.5) is 18.9 Å². The van der Waals surface area contributed by atoms with E-state index in [4.69, 9.17) is 5.26 Å². The number of anilines is 1. The van der Waals surface area contributed by atoms with Crippen LogP contribution >= 0.6 is 0 Å². The van der Waals surface area contributed by atoms with Crippen LogP contribution in [0.5, 0.6) is 0 Å². The van der Waals surface area contributed by atoms with Gasteiger partial charge in [-0.1, -0.05) is 0 Å². The second-order valence-electron chi connectivity index (χ2n) is 6.28. The molecular formula is C17H18F3N3O. The highest BCUT2D eigenvalue weighted by molar-refractivity contribution is 5.81. The van der Waals surface area contributed by atoms with Crippen LogP contribution in [0, 0.1) is 17.2 Å². The molecule has 7 heteroatoms. The Balaban J connectivity index is 1.74. The van der Waals surface area contributed by atoms with Crippen molar-refractivity contribution in [2.75, 3.05) is 31.1 Å². The molecule has 1 aliphatic heterocycles. The molecule has 1 heterocycles. The molecule has 4 nitrogen and oxygen atoms in total. The van der Waals surface area contributed by atoms with Crippen LogP contribution < -0.4 is 4.90 Å². The molecule has 0 N–H and O–H groups in total. The average molecular weight is 337 g/mol. The van der Waals surface area contributed by atoms with Crippen LogP contribution in [0.25, 0.3) is 0 Å². The molecule has 2 fully saturated rings. The molecule has 1 aliphatic carbocycles. The van der Waals surface area contributed by atoms with E-state index in [1.807, 2.05) is 9.80 Å². The lowest BCUT2D eigenvalue weighted by Crippen LogP contribution is -2.36. The molecule has 24 heavy (non-hydrogen) atoms. The van der Waals surface area contributed by atoms with E-state index >= 15 is 0 Å². The Morgan fingerprint density at radius 3 is 2.54 bits per heavy atom. The maximum absolute atomic E-state index is 12.9. The van der Waals surface area contributed by atoms with Gasteiger partial charge in [-0.05, 0) is 37.5 Å². The first-order valence-electron chi connectivity index (χ1n) is 8.05. The van der Waals surface area contributed by atoms with Gasteiger partial charge < -0.3 is 9.80 Å². The standard InChI is InChI=1S/C17H18F3N3O/c18-17(19,20)15-5-4-14(10-13(15)11-21)22-6-1-7-23(9-8-22)16(24)12-2-3-12/h4-5,10,12H,1-3,6-9H2. The first-order valence-corrected chi connectivity index (χ1v) is 8.05. The summed E-state index contributed by atoms with van der Waals surface area (Å²) in [4.78, 5) is 16.0. The summed E-state index contributed by atoms with van der Waals surface area (Å²) in [7, 11) is 0. The molecule has 0 aromatic heterocycles. The van der Waals surface area contributed by atoms with E-state index in [0.29, 0.717) is 31.9 Å². The molecule has 1 aromatic rings. The molecular weight excluding hydrogens is 319 g/mol. The molecule has 0 bridgehead atoms. The van der Waals surface area contributed by atoms with Crippen molar-refractivity contribution < 1.29 is 18.0 Å². The Morgan fingerprint density at radius 2 is 1.92 bits per heavy atom. The summed E-state index contributed by atoms with van der Waals surface area (Å²) in [6.45, 7) is 2.47. The van der Waals surface area contributed by atoms with Crippen molar-refractivity contribution in [1.29, 1.82) is 5.26 Å². The highest BCUT2D eigenvalue weighted by Crippen LogP contribution is 2.34. The van der Waals surface area contributed by atoms with Crippen molar-refractivity contribution in [3.8, 4) is 6.07 Å². The van der Waals surface area contributed by atoms with Crippen LogP contribution in [0.2, 0.25) is 0 Å². The Labute approximate surface area is 138 Å². The van der Waals surface area contributed by atoms with Gasteiger partial charge in [0.05, 0.1) is 17.2 Å². The van der Waals surface area contributed by atoms with E-state index in [9.17, 15) is 18.0 Å². The molecule has 1 amide bonds. The van der Waals surface area contributed by atoms with Crippen molar-refractivity contribution in [2.45, 2.75) is 25.4 Å². The monoisotopic (exact) mass is 337 g/mol. The van der Waals surface area contributed by atoms with Gasteiger partial charge >= 0.3 is 6.18 Å². The summed E-state index contributed by atoms with van der Waals surface area (Å²) < 4.78 is 38.7. The third kappa shape index (κ3) is 3.48. The van der Waals surface area contributed by atoms with Crippen molar-refractivity contribution in [3.63, 3.8) is 0 Å². The van der Waals surface area contributed by atoms with Gasteiger partial charge in [-0.15, -0.1) is 0 Å². The summed E-state index contributed by atoms with van der Waals surface area (Å²) in [5, 5.41) is 9.02. The number of hydrogen-bond donors (Lipinski definition) is 0. The summed E-state index contributed by atoms with van der Waals surface area (Å²) in [5.41, 5.74) is -0.676. The number of halogens is 3. The van der Waals surface area contributed by atoms with Gasteiger partial charge in [-0.3, -0.25) is 4.79 Å². The number of alkyl halides is 3. The smallest absolute Gasteiger partial charge is 0.370 e. The number of benzene rings is 1. The molecule has 2 aliphatic rings. The third-order valence-electron chi connectivity index (χ3n) is 4.53. The van der Waals surface area contributed by atoms with Gasteiger partial charge in [0.25, 0.3) is 0 Å². The fourth-order valence-electron chi connectivity index (χ4n) is 3.05. The van der Waals surface area contributed by atoms with Crippen molar-refractivity contribution in [3.05, 3.63) is 29.3 Å².